The molecular weight excluding hydrogens is 452 g/mol. The van der Waals surface area contributed by atoms with Crippen molar-refractivity contribution in [3.05, 3.63) is 87.0 Å². The second-order valence-electron chi connectivity index (χ2n) is 8.10. The van der Waals surface area contributed by atoms with Gasteiger partial charge >= 0.3 is 0 Å². The number of benzene rings is 2. The molecule has 2 aliphatic rings. The maximum Gasteiger partial charge on any atom is 0.286 e. The first kappa shape index (κ1) is 22.0. The van der Waals surface area contributed by atoms with Gasteiger partial charge < -0.3 is 14.2 Å². The highest BCUT2D eigenvalue weighted by Gasteiger charge is 2.29. The Kier molecular flexibility index (Phi) is 5.93. The fourth-order valence-electron chi connectivity index (χ4n) is 3.99. The maximum atomic E-state index is 12.5. The molecule has 0 aliphatic carbocycles. The van der Waals surface area contributed by atoms with Crippen molar-refractivity contribution in [3.63, 3.8) is 0 Å². The molecule has 9 heteroatoms. The van der Waals surface area contributed by atoms with Crippen LogP contribution in [0.1, 0.15) is 11.3 Å². The first-order valence-corrected chi connectivity index (χ1v) is 11.7. The van der Waals surface area contributed by atoms with Crippen LogP contribution in [0.4, 0.5) is 11.4 Å². The molecule has 0 spiro atoms. The van der Waals surface area contributed by atoms with Gasteiger partial charge in [-0.3, -0.25) is 14.9 Å². The second-order valence-corrected chi connectivity index (χ2v) is 9.11. The smallest absolute Gasteiger partial charge is 0.286 e. The van der Waals surface area contributed by atoms with Gasteiger partial charge in [0.25, 0.3) is 11.6 Å². The van der Waals surface area contributed by atoms with E-state index in [1.54, 1.807) is 36.4 Å². The van der Waals surface area contributed by atoms with Crippen molar-refractivity contribution >= 4 is 40.3 Å². The number of carbonyl (C=O) groups is 1. The van der Waals surface area contributed by atoms with Gasteiger partial charge in [-0.2, -0.15) is 4.99 Å². The summed E-state index contributed by atoms with van der Waals surface area (Å²) in [7, 11) is 0. The summed E-state index contributed by atoms with van der Waals surface area (Å²) in [6.45, 7) is 5.35. The molecule has 8 nitrogen and oxygen atoms in total. The molecule has 0 radical (unpaired) electrons. The molecule has 172 valence electrons. The van der Waals surface area contributed by atoms with Gasteiger partial charge in [-0.1, -0.05) is 29.8 Å². The van der Waals surface area contributed by atoms with Gasteiger partial charge in [0, 0.05) is 44.0 Å². The molecule has 1 saturated heterocycles. The average Bonchev–Trinajstić information content (AvgIpc) is 3.46. The summed E-state index contributed by atoms with van der Waals surface area (Å²) in [5.74, 6) is 0.525. The Labute approximate surface area is 200 Å². The van der Waals surface area contributed by atoms with Crippen molar-refractivity contribution < 1.29 is 14.1 Å². The maximum absolute atomic E-state index is 12.5. The molecule has 0 N–H and O–H groups in total. The Morgan fingerprint density at radius 2 is 1.71 bits per heavy atom. The lowest BCUT2D eigenvalue weighted by Gasteiger charge is -2.36. The van der Waals surface area contributed by atoms with Crippen LogP contribution < -0.4 is 4.90 Å². The number of piperazine rings is 1. The predicted molar refractivity (Wildman–Crippen MR) is 134 cm³/mol. The van der Waals surface area contributed by atoms with Gasteiger partial charge in [0.15, 0.2) is 5.17 Å². The fraction of sp³-hybridized carbons (Fsp3) is 0.200. The number of amides is 1. The van der Waals surface area contributed by atoms with Gasteiger partial charge in [0.1, 0.15) is 11.5 Å². The van der Waals surface area contributed by atoms with E-state index in [9.17, 15) is 14.9 Å². The molecule has 34 heavy (non-hydrogen) atoms. The van der Waals surface area contributed by atoms with Crippen molar-refractivity contribution in [3.8, 4) is 11.3 Å². The lowest BCUT2D eigenvalue weighted by Crippen LogP contribution is -2.47. The molecule has 1 fully saturated rings. The third-order valence-electron chi connectivity index (χ3n) is 5.82. The zero-order chi connectivity index (χ0) is 23.7. The van der Waals surface area contributed by atoms with E-state index in [0.717, 1.165) is 26.2 Å². The lowest BCUT2D eigenvalue weighted by atomic mass is 10.1. The first-order chi connectivity index (χ1) is 16.5. The monoisotopic (exact) mass is 474 g/mol. The Hall–Kier alpha value is -3.85. The topological polar surface area (TPSA) is 92.2 Å². The number of nitro benzene ring substituents is 1. The molecule has 0 atom stereocenters. The van der Waals surface area contributed by atoms with Crippen molar-refractivity contribution in [1.29, 1.82) is 0 Å². The number of furan rings is 1. The van der Waals surface area contributed by atoms with E-state index in [2.05, 4.69) is 46.0 Å². The third kappa shape index (κ3) is 4.47. The van der Waals surface area contributed by atoms with E-state index in [-0.39, 0.29) is 11.6 Å². The van der Waals surface area contributed by atoms with Gasteiger partial charge in [-0.25, -0.2) is 0 Å². The summed E-state index contributed by atoms with van der Waals surface area (Å²) in [5, 5.41) is 12.0. The van der Waals surface area contributed by atoms with Crippen LogP contribution in [0.5, 0.6) is 0 Å². The molecule has 2 aromatic carbocycles. The van der Waals surface area contributed by atoms with Crippen LogP contribution >= 0.6 is 11.8 Å². The number of hydrogen-bond acceptors (Lipinski definition) is 7. The van der Waals surface area contributed by atoms with Crippen LogP contribution in [0.25, 0.3) is 17.4 Å². The lowest BCUT2D eigenvalue weighted by molar-refractivity contribution is -0.384. The number of nitrogens with zero attached hydrogens (tertiary/aromatic N) is 4. The Balaban J connectivity index is 1.25. The zero-order valence-corrected chi connectivity index (χ0v) is 19.3. The van der Waals surface area contributed by atoms with Gasteiger partial charge in [0.05, 0.1) is 15.4 Å². The fourth-order valence-corrected chi connectivity index (χ4v) is 4.94. The Morgan fingerprint density at radius 3 is 2.44 bits per heavy atom. The van der Waals surface area contributed by atoms with E-state index in [1.807, 2.05) is 0 Å². The van der Waals surface area contributed by atoms with Crippen LogP contribution in [-0.4, -0.2) is 47.1 Å². The molecule has 5 rings (SSSR count). The van der Waals surface area contributed by atoms with Gasteiger partial charge in [-0.05, 0) is 49.0 Å². The van der Waals surface area contributed by atoms with Crippen LogP contribution in [-0.2, 0) is 4.79 Å². The number of rotatable bonds is 4. The number of hydrogen-bond donors (Lipinski definition) is 0. The summed E-state index contributed by atoms with van der Waals surface area (Å²) in [4.78, 5) is 32.6. The molecule has 3 aromatic rings. The summed E-state index contributed by atoms with van der Waals surface area (Å²) in [6, 6.07) is 18.3. The normalized spacial score (nSPS) is 17.4. The van der Waals surface area contributed by atoms with E-state index >= 15 is 0 Å². The minimum absolute atomic E-state index is 0.0298. The molecular formula is C25H22N4O4S. The third-order valence-corrected chi connectivity index (χ3v) is 6.87. The van der Waals surface area contributed by atoms with Crippen molar-refractivity contribution in [2.45, 2.75) is 6.92 Å². The largest absolute Gasteiger partial charge is 0.456 e. The minimum atomic E-state index is -0.439. The Morgan fingerprint density at radius 1 is 1.00 bits per heavy atom. The second kappa shape index (κ2) is 9.18. The van der Waals surface area contributed by atoms with Crippen molar-refractivity contribution in [2.75, 3.05) is 31.1 Å². The summed E-state index contributed by atoms with van der Waals surface area (Å²) in [6.07, 6.45) is 1.64. The number of aryl methyl sites for hydroxylation is 1. The number of carbonyl (C=O) groups excluding carboxylic acids is 1. The van der Waals surface area contributed by atoms with E-state index in [4.69, 9.17) is 4.42 Å². The SMILES string of the molecule is Cc1ccc(N2CCN(C3=NC(=O)C(=Cc4ccc(-c5ccccc5[N+](=O)[O-])o4)S3)CC2)cc1. The zero-order valence-electron chi connectivity index (χ0n) is 18.5. The molecule has 3 heterocycles. The van der Waals surface area contributed by atoms with Crippen molar-refractivity contribution in [2.24, 2.45) is 4.99 Å². The number of nitro groups is 1. The number of aliphatic imine (C=N–C) groups is 1. The molecule has 1 aromatic heterocycles. The minimum Gasteiger partial charge on any atom is -0.456 e. The quantitative estimate of drug-likeness (QED) is 0.300. The summed E-state index contributed by atoms with van der Waals surface area (Å²) >= 11 is 1.33. The van der Waals surface area contributed by atoms with Crippen LogP contribution in [0.15, 0.2) is 75.0 Å². The average molecular weight is 475 g/mol. The molecule has 0 saturated carbocycles. The van der Waals surface area contributed by atoms with Crippen LogP contribution in [0.2, 0.25) is 0 Å². The van der Waals surface area contributed by atoms with Crippen LogP contribution in [0, 0.1) is 17.0 Å². The summed E-state index contributed by atoms with van der Waals surface area (Å²) in [5.41, 5.74) is 2.81. The summed E-state index contributed by atoms with van der Waals surface area (Å²) < 4.78 is 5.81. The number of para-hydroxylation sites is 1. The van der Waals surface area contributed by atoms with Gasteiger partial charge in [-0.15, -0.1) is 0 Å². The van der Waals surface area contributed by atoms with E-state index in [1.165, 1.54) is 29.1 Å². The molecule has 1 amide bonds. The highest BCUT2D eigenvalue weighted by atomic mass is 32.2. The highest BCUT2D eigenvalue weighted by Crippen LogP contribution is 2.34. The van der Waals surface area contributed by atoms with Crippen molar-refractivity contribution in [1.82, 2.24) is 4.90 Å². The number of anilines is 1. The first-order valence-electron chi connectivity index (χ1n) is 10.9. The standard InChI is InChI=1S/C25H22N4O4S/c1-17-6-8-18(9-7-17)27-12-14-28(15-13-27)25-26-24(30)23(34-25)16-19-10-11-22(33-19)20-4-2-3-5-21(20)29(31)32/h2-11,16H,12-15H2,1H3. The van der Waals surface area contributed by atoms with E-state index in [0.29, 0.717) is 27.2 Å². The number of thioether (sulfide) groups is 1. The van der Waals surface area contributed by atoms with E-state index < -0.39 is 4.92 Å². The van der Waals surface area contributed by atoms with Gasteiger partial charge in [0.2, 0.25) is 0 Å². The molecule has 0 unspecified atom stereocenters. The number of amidine groups is 1. The van der Waals surface area contributed by atoms with Crippen LogP contribution in [0.3, 0.4) is 0 Å². The highest BCUT2D eigenvalue weighted by molar-refractivity contribution is 8.18. The molecule has 2 aliphatic heterocycles. The molecule has 0 bridgehead atoms. The Bertz CT molecular complexity index is 1300. The predicted octanol–water partition coefficient (Wildman–Crippen LogP) is 4.96.